The van der Waals surface area contributed by atoms with E-state index in [2.05, 4.69) is 5.32 Å². The summed E-state index contributed by atoms with van der Waals surface area (Å²) in [5.74, 6) is -0.409. The Balaban J connectivity index is 2.05. The van der Waals surface area contributed by atoms with Gasteiger partial charge in [0.2, 0.25) is 0 Å². The molecule has 0 fully saturated rings. The van der Waals surface area contributed by atoms with Crippen LogP contribution in [0.25, 0.3) is 10.9 Å². The van der Waals surface area contributed by atoms with Gasteiger partial charge < -0.3 is 14.6 Å². The van der Waals surface area contributed by atoms with Crippen molar-refractivity contribution in [1.29, 1.82) is 0 Å². The number of methoxy groups -OCH3 is 1. The summed E-state index contributed by atoms with van der Waals surface area (Å²) in [4.78, 5) is 36.3. The number of hydrogen-bond donors (Lipinski definition) is 1. The van der Waals surface area contributed by atoms with E-state index in [4.69, 9.17) is 4.74 Å². The maximum Gasteiger partial charge on any atom is 0.344 e. The highest BCUT2D eigenvalue weighted by molar-refractivity contribution is 6.21. The second-order valence-corrected chi connectivity index (χ2v) is 6.49. The van der Waals surface area contributed by atoms with Gasteiger partial charge in [-0.25, -0.2) is 4.79 Å². The van der Waals surface area contributed by atoms with Gasteiger partial charge in [-0.05, 0) is 12.5 Å². The number of carbonyl (C=O) groups excluding carboxylic acids is 2. The molecule has 1 aromatic heterocycles. The van der Waals surface area contributed by atoms with Crippen LogP contribution in [0.4, 0.5) is 11.5 Å². The molecule has 0 spiro atoms. The summed E-state index contributed by atoms with van der Waals surface area (Å²) in [7, 11) is 1.17. The summed E-state index contributed by atoms with van der Waals surface area (Å²) >= 11 is 0. The number of nitrogens with zero attached hydrogens (tertiary/aromatic N) is 2. The molecule has 2 heterocycles. The summed E-state index contributed by atoms with van der Waals surface area (Å²) in [6.07, 6.45) is 0.822. The minimum absolute atomic E-state index is 0.176. The van der Waals surface area contributed by atoms with Crippen molar-refractivity contribution in [2.45, 2.75) is 13.0 Å². The lowest BCUT2D eigenvalue weighted by Crippen LogP contribution is -2.18. The second kappa shape index (κ2) is 6.80. The Kier molecular flexibility index (Phi) is 4.31. The molecule has 0 saturated carbocycles. The van der Waals surface area contributed by atoms with Gasteiger partial charge >= 0.3 is 5.97 Å². The Morgan fingerprint density at radius 2 is 1.96 bits per heavy atom. The number of ether oxygens (including phenoxy) is 1. The van der Waals surface area contributed by atoms with Gasteiger partial charge in [0.1, 0.15) is 11.4 Å². The average Bonchev–Trinajstić information content (AvgIpc) is 3.05. The van der Waals surface area contributed by atoms with E-state index in [1.54, 1.807) is 24.3 Å². The molecule has 3 aromatic rings. The first-order valence-corrected chi connectivity index (χ1v) is 8.79. The molecular formula is C20H17N3O5. The normalized spacial score (nSPS) is 12.9. The summed E-state index contributed by atoms with van der Waals surface area (Å²) < 4.78 is 6.58. The lowest BCUT2D eigenvalue weighted by atomic mass is 10.00. The lowest BCUT2D eigenvalue weighted by Gasteiger charge is -2.19. The standard InChI is InChI=1S/C20H17N3O5/c1-28-20(25)14-10-13-15(11-16(14)23(26)27)22-9-5-8-21-19(22)17(13)18(24)12-6-3-2-4-7-12/h2-4,6-7,10-11,21H,5,8-9H2,1H3. The zero-order valence-corrected chi connectivity index (χ0v) is 15.1. The highest BCUT2D eigenvalue weighted by Gasteiger charge is 2.30. The Labute approximate surface area is 159 Å². The molecular weight excluding hydrogens is 362 g/mol. The van der Waals surface area contributed by atoms with Gasteiger partial charge in [-0.1, -0.05) is 30.3 Å². The van der Waals surface area contributed by atoms with E-state index in [9.17, 15) is 19.7 Å². The number of carbonyl (C=O) groups is 2. The number of fused-ring (bicyclic) bond motifs is 3. The topological polar surface area (TPSA) is 103 Å². The van der Waals surface area contributed by atoms with Gasteiger partial charge in [-0.3, -0.25) is 14.9 Å². The van der Waals surface area contributed by atoms with Crippen LogP contribution in [-0.2, 0) is 11.3 Å². The number of hydrogen-bond acceptors (Lipinski definition) is 6. The largest absolute Gasteiger partial charge is 0.465 e. The highest BCUT2D eigenvalue weighted by Crippen LogP contribution is 2.38. The van der Waals surface area contributed by atoms with Gasteiger partial charge in [0.25, 0.3) is 5.69 Å². The van der Waals surface area contributed by atoms with Crippen molar-refractivity contribution in [3.63, 3.8) is 0 Å². The molecule has 0 bridgehead atoms. The lowest BCUT2D eigenvalue weighted by molar-refractivity contribution is -0.385. The summed E-state index contributed by atoms with van der Waals surface area (Å²) in [6.45, 7) is 1.31. The first-order chi connectivity index (χ1) is 13.5. The van der Waals surface area contributed by atoms with Crippen LogP contribution >= 0.6 is 0 Å². The molecule has 0 aliphatic carbocycles. The second-order valence-electron chi connectivity index (χ2n) is 6.49. The number of nitro groups is 1. The quantitative estimate of drug-likeness (QED) is 0.323. The molecule has 1 N–H and O–H groups in total. The maximum atomic E-state index is 13.3. The molecule has 1 aliphatic heterocycles. The molecule has 0 amide bonds. The Bertz CT molecular complexity index is 1120. The SMILES string of the molecule is COC(=O)c1cc2c(C(=O)c3ccccc3)c3n(c2cc1[N+](=O)[O-])CCCN3. The van der Waals surface area contributed by atoms with Crippen LogP contribution in [0.3, 0.4) is 0 Å². The van der Waals surface area contributed by atoms with E-state index in [-0.39, 0.29) is 17.0 Å². The van der Waals surface area contributed by atoms with E-state index in [0.717, 1.165) is 6.42 Å². The molecule has 2 aromatic carbocycles. The fourth-order valence-corrected chi connectivity index (χ4v) is 3.63. The van der Waals surface area contributed by atoms with Crippen molar-refractivity contribution in [3.8, 4) is 0 Å². The molecule has 0 radical (unpaired) electrons. The number of rotatable bonds is 4. The molecule has 8 heteroatoms. The molecule has 4 rings (SSSR count). The summed E-state index contributed by atoms with van der Waals surface area (Å²) in [5.41, 5.74) is 0.930. The Hall–Kier alpha value is -3.68. The van der Waals surface area contributed by atoms with Crippen molar-refractivity contribution < 1.29 is 19.2 Å². The molecule has 28 heavy (non-hydrogen) atoms. The number of ketones is 1. The Morgan fingerprint density at radius 3 is 2.64 bits per heavy atom. The van der Waals surface area contributed by atoms with Crippen molar-refractivity contribution in [2.24, 2.45) is 0 Å². The van der Waals surface area contributed by atoms with Crippen LogP contribution in [0, 0.1) is 10.1 Å². The van der Waals surface area contributed by atoms with Crippen LogP contribution < -0.4 is 5.32 Å². The molecule has 0 unspecified atom stereocenters. The maximum absolute atomic E-state index is 13.3. The third-order valence-electron chi connectivity index (χ3n) is 4.90. The number of aryl methyl sites for hydroxylation is 1. The van der Waals surface area contributed by atoms with Crippen molar-refractivity contribution in [2.75, 3.05) is 19.0 Å². The Morgan fingerprint density at radius 1 is 1.21 bits per heavy atom. The number of esters is 1. The summed E-state index contributed by atoms with van der Waals surface area (Å²) in [5, 5.41) is 15.3. The monoisotopic (exact) mass is 379 g/mol. The van der Waals surface area contributed by atoms with E-state index in [1.165, 1.54) is 19.2 Å². The summed E-state index contributed by atoms with van der Waals surface area (Å²) in [6, 6.07) is 11.5. The third kappa shape index (κ3) is 2.70. The predicted octanol–water partition coefficient (Wildman–Crippen LogP) is 3.38. The van der Waals surface area contributed by atoms with Gasteiger partial charge in [-0.15, -0.1) is 0 Å². The van der Waals surface area contributed by atoms with Gasteiger partial charge in [-0.2, -0.15) is 0 Å². The fraction of sp³-hybridized carbons (Fsp3) is 0.200. The molecule has 1 aliphatic rings. The van der Waals surface area contributed by atoms with Gasteiger partial charge in [0, 0.05) is 30.1 Å². The number of benzene rings is 2. The fourth-order valence-electron chi connectivity index (χ4n) is 3.63. The van der Waals surface area contributed by atoms with E-state index >= 15 is 0 Å². The first-order valence-electron chi connectivity index (χ1n) is 8.79. The number of aromatic nitrogens is 1. The van der Waals surface area contributed by atoms with Crippen molar-refractivity contribution in [3.05, 3.63) is 69.3 Å². The highest BCUT2D eigenvalue weighted by atomic mass is 16.6. The molecule has 142 valence electrons. The van der Waals surface area contributed by atoms with Crippen LogP contribution in [-0.4, -0.2) is 34.9 Å². The molecule has 0 atom stereocenters. The first kappa shape index (κ1) is 17.7. The van der Waals surface area contributed by atoms with Crippen molar-refractivity contribution >= 4 is 34.2 Å². The average molecular weight is 379 g/mol. The van der Waals surface area contributed by atoms with E-state index < -0.39 is 10.9 Å². The van der Waals surface area contributed by atoms with Crippen molar-refractivity contribution in [1.82, 2.24) is 4.57 Å². The van der Waals surface area contributed by atoms with Crippen LogP contribution in [0.5, 0.6) is 0 Å². The van der Waals surface area contributed by atoms with E-state index in [1.807, 2.05) is 10.6 Å². The number of nitro benzene ring substituents is 1. The zero-order chi connectivity index (χ0) is 19.8. The number of nitrogens with one attached hydrogen (secondary N) is 1. The minimum atomic E-state index is -0.816. The van der Waals surface area contributed by atoms with E-state index in [0.29, 0.717) is 40.9 Å². The van der Waals surface area contributed by atoms with Gasteiger partial charge in [0.15, 0.2) is 5.78 Å². The van der Waals surface area contributed by atoms with Crippen LogP contribution in [0.1, 0.15) is 32.7 Å². The minimum Gasteiger partial charge on any atom is -0.465 e. The molecule has 8 nitrogen and oxygen atoms in total. The number of anilines is 1. The van der Waals surface area contributed by atoms with Gasteiger partial charge in [0.05, 0.1) is 23.1 Å². The smallest absolute Gasteiger partial charge is 0.344 e. The predicted molar refractivity (Wildman–Crippen MR) is 103 cm³/mol. The van der Waals surface area contributed by atoms with Crippen LogP contribution in [0.15, 0.2) is 42.5 Å². The third-order valence-corrected chi connectivity index (χ3v) is 4.90. The van der Waals surface area contributed by atoms with Crippen LogP contribution in [0.2, 0.25) is 0 Å². The zero-order valence-electron chi connectivity index (χ0n) is 15.1. The molecule has 0 saturated heterocycles.